The summed E-state index contributed by atoms with van der Waals surface area (Å²) in [4.78, 5) is 24.5. The molecule has 0 atom stereocenters. The third-order valence-electron chi connectivity index (χ3n) is 3.59. The van der Waals surface area contributed by atoms with Gasteiger partial charge in [0.05, 0.1) is 18.7 Å². The summed E-state index contributed by atoms with van der Waals surface area (Å²) in [6.45, 7) is 5.30. The van der Waals surface area contributed by atoms with E-state index in [0.29, 0.717) is 4.47 Å². The van der Waals surface area contributed by atoms with E-state index in [1.807, 2.05) is 12.1 Å². The molecule has 0 unspecified atom stereocenters. The number of carbonyl (C=O) groups excluding carboxylic acids is 2. The first kappa shape index (κ1) is 22.5. The van der Waals surface area contributed by atoms with Crippen LogP contribution in [0.4, 0.5) is 4.79 Å². The van der Waals surface area contributed by atoms with Crippen molar-refractivity contribution in [1.29, 1.82) is 0 Å². The minimum absolute atomic E-state index is 0.0266. The monoisotopic (exact) mass is 466 g/mol. The highest BCUT2D eigenvalue weighted by Gasteiger charge is 2.26. The van der Waals surface area contributed by atoms with Crippen LogP contribution in [0.25, 0.3) is 0 Å². The first-order valence-electron chi connectivity index (χ1n) is 8.72. The molecule has 0 aromatic heterocycles. The molecular weight excluding hydrogens is 444 g/mol. The predicted molar refractivity (Wildman–Crippen MR) is 110 cm³/mol. The Hall–Kier alpha value is -2.74. The van der Waals surface area contributed by atoms with Crippen molar-refractivity contribution in [3.8, 4) is 17.2 Å². The van der Waals surface area contributed by atoms with Crippen LogP contribution in [-0.4, -0.2) is 31.9 Å². The molecule has 0 N–H and O–H groups in total. The smallest absolute Gasteiger partial charge is 0.497 e. The lowest BCUT2D eigenvalue weighted by molar-refractivity contribution is 0.0202. The molecule has 2 aromatic rings. The molecule has 156 valence electrons. The molecule has 7 nitrogen and oxygen atoms in total. The van der Waals surface area contributed by atoms with Gasteiger partial charge in [-0.15, -0.1) is 0 Å². The zero-order valence-corrected chi connectivity index (χ0v) is 18.5. The molecule has 0 aliphatic rings. The molecule has 0 heterocycles. The number of carbonyl (C=O) groups is 2. The van der Waals surface area contributed by atoms with E-state index >= 15 is 0 Å². The second kappa shape index (κ2) is 9.65. The molecule has 2 rings (SSSR count). The van der Waals surface area contributed by atoms with E-state index in [4.69, 9.17) is 23.7 Å². The lowest BCUT2D eigenvalue weighted by Crippen LogP contribution is -2.26. The van der Waals surface area contributed by atoms with Crippen LogP contribution in [0.1, 0.15) is 36.7 Å². The Morgan fingerprint density at radius 2 is 1.66 bits per heavy atom. The van der Waals surface area contributed by atoms with E-state index in [0.717, 1.165) is 11.3 Å². The van der Waals surface area contributed by atoms with Crippen molar-refractivity contribution in [1.82, 2.24) is 0 Å². The number of hydrogen-bond acceptors (Lipinski definition) is 7. The molecule has 8 heteroatoms. The molecule has 0 fully saturated rings. The van der Waals surface area contributed by atoms with Crippen LogP contribution in [0.15, 0.2) is 40.9 Å². The largest absolute Gasteiger partial charge is 0.514 e. The molecule has 0 saturated carbocycles. The number of esters is 1. The Morgan fingerprint density at radius 1 is 1.00 bits per heavy atom. The zero-order valence-electron chi connectivity index (χ0n) is 16.9. The van der Waals surface area contributed by atoms with E-state index in [-0.39, 0.29) is 23.7 Å². The Morgan fingerprint density at radius 3 is 2.21 bits per heavy atom. The average molecular weight is 467 g/mol. The first-order valence-corrected chi connectivity index (χ1v) is 9.51. The van der Waals surface area contributed by atoms with Crippen LogP contribution >= 0.6 is 15.9 Å². The van der Waals surface area contributed by atoms with Gasteiger partial charge in [-0.05, 0) is 66.5 Å². The van der Waals surface area contributed by atoms with Gasteiger partial charge in [0.15, 0.2) is 11.5 Å². The molecule has 0 saturated heterocycles. The summed E-state index contributed by atoms with van der Waals surface area (Å²) in [5.74, 6) is 0.167. The molecule has 0 aliphatic carbocycles. The highest BCUT2D eigenvalue weighted by molar-refractivity contribution is 9.10. The van der Waals surface area contributed by atoms with Crippen molar-refractivity contribution in [2.45, 2.75) is 33.0 Å². The minimum Gasteiger partial charge on any atom is -0.497 e. The maximum absolute atomic E-state index is 12.4. The van der Waals surface area contributed by atoms with E-state index in [2.05, 4.69) is 15.9 Å². The van der Waals surface area contributed by atoms with Gasteiger partial charge in [-0.2, -0.15) is 0 Å². The number of benzene rings is 2. The predicted octanol–water partition coefficient (Wildman–Crippen LogP) is 5.14. The van der Waals surface area contributed by atoms with Crippen LogP contribution < -0.4 is 14.2 Å². The van der Waals surface area contributed by atoms with Crippen molar-refractivity contribution >= 4 is 28.1 Å². The Bertz CT molecular complexity index is 870. The summed E-state index contributed by atoms with van der Waals surface area (Å²) >= 11 is 3.37. The van der Waals surface area contributed by atoms with Gasteiger partial charge in [-0.3, -0.25) is 0 Å². The van der Waals surface area contributed by atoms with Crippen molar-refractivity contribution < 1.29 is 33.3 Å². The van der Waals surface area contributed by atoms with Crippen molar-refractivity contribution in [2.24, 2.45) is 0 Å². The van der Waals surface area contributed by atoms with Crippen LogP contribution in [0, 0.1) is 0 Å². The standard InChI is InChI=1S/C21H23BrO7/c1-21(2,3)29-20(24)28-16-11-10-15(22)18(17(16)19(23)26-5)27-12-13-6-8-14(25-4)9-7-13/h6-11H,12H2,1-5H3. The maximum atomic E-state index is 12.4. The van der Waals surface area contributed by atoms with Gasteiger partial charge in [0.25, 0.3) is 0 Å². The molecular formula is C21H23BrO7. The average Bonchev–Trinajstić information content (AvgIpc) is 2.66. The van der Waals surface area contributed by atoms with Crippen LogP contribution in [0.2, 0.25) is 0 Å². The molecule has 0 bridgehead atoms. The summed E-state index contributed by atoms with van der Waals surface area (Å²) in [6.07, 6.45) is -0.939. The third-order valence-corrected chi connectivity index (χ3v) is 4.21. The molecule has 29 heavy (non-hydrogen) atoms. The fourth-order valence-corrected chi connectivity index (χ4v) is 2.74. The number of rotatable bonds is 6. The van der Waals surface area contributed by atoms with Crippen molar-refractivity contribution in [2.75, 3.05) is 14.2 Å². The van der Waals surface area contributed by atoms with Crippen LogP contribution in [0.5, 0.6) is 17.2 Å². The van der Waals surface area contributed by atoms with Gasteiger partial charge in [-0.25, -0.2) is 9.59 Å². The van der Waals surface area contributed by atoms with Crippen LogP contribution in [0.3, 0.4) is 0 Å². The Balaban J connectivity index is 2.31. The van der Waals surface area contributed by atoms with Gasteiger partial charge in [0, 0.05) is 0 Å². The van der Waals surface area contributed by atoms with Gasteiger partial charge in [0.2, 0.25) is 0 Å². The lowest BCUT2D eigenvalue weighted by Gasteiger charge is -2.20. The maximum Gasteiger partial charge on any atom is 0.514 e. The third kappa shape index (κ3) is 6.39. The highest BCUT2D eigenvalue weighted by atomic mass is 79.9. The second-order valence-electron chi connectivity index (χ2n) is 6.94. The normalized spacial score (nSPS) is 10.8. The summed E-state index contributed by atoms with van der Waals surface area (Å²) in [7, 11) is 2.81. The Kier molecular flexibility index (Phi) is 7.50. The zero-order chi connectivity index (χ0) is 21.6. The van der Waals surface area contributed by atoms with Gasteiger partial charge >= 0.3 is 12.1 Å². The topological polar surface area (TPSA) is 80.3 Å². The number of hydrogen-bond donors (Lipinski definition) is 0. The number of ether oxygens (including phenoxy) is 5. The quantitative estimate of drug-likeness (QED) is 0.430. The minimum atomic E-state index is -0.939. The highest BCUT2D eigenvalue weighted by Crippen LogP contribution is 2.37. The molecule has 0 aliphatic heterocycles. The van der Waals surface area contributed by atoms with Crippen LogP contribution in [-0.2, 0) is 16.1 Å². The molecule has 0 radical (unpaired) electrons. The fourth-order valence-electron chi connectivity index (χ4n) is 2.30. The summed E-state index contributed by atoms with van der Waals surface area (Å²) < 4.78 is 26.7. The number of methoxy groups -OCH3 is 2. The van der Waals surface area contributed by atoms with Gasteiger partial charge in [0.1, 0.15) is 23.5 Å². The Labute approximate surface area is 178 Å². The number of halogens is 1. The van der Waals surface area contributed by atoms with Gasteiger partial charge < -0.3 is 23.7 Å². The lowest BCUT2D eigenvalue weighted by atomic mass is 10.1. The summed E-state index contributed by atoms with van der Waals surface area (Å²) in [6, 6.07) is 10.3. The SMILES string of the molecule is COC(=O)c1c(OC(=O)OC(C)(C)C)ccc(Br)c1OCc1ccc(OC)cc1. The molecule has 0 spiro atoms. The van der Waals surface area contributed by atoms with E-state index in [1.165, 1.54) is 13.2 Å². The summed E-state index contributed by atoms with van der Waals surface area (Å²) in [5.41, 5.74) is 0.0826. The first-order chi connectivity index (χ1) is 13.6. The molecule has 0 amide bonds. The second-order valence-corrected chi connectivity index (χ2v) is 7.80. The van der Waals surface area contributed by atoms with Crippen molar-refractivity contribution in [3.05, 3.63) is 52.0 Å². The van der Waals surface area contributed by atoms with Gasteiger partial charge in [-0.1, -0.05) is 12.1 Å². The van der Waals surface area contributed by atoms with E-state index in [1.54, 1.807) is 46.1 Å². The van der Waals surface area contributed by atoms with Crippen molar-refractivity contribution in [3.63, 3.8) is 0 Å². The van der Waals surface area contributed by atoms with E-state index < -0.39 is 17.7 Å². The fraction of sp³-hybridized carbons (Fsp3) is 0.333. The van der Waals surface area contributed by atoms with E-state index in [9.17, 15) is 9.59 Å². The molecule has 2 aromatic carbocycles. The summed E-state index contributed by atoms with van der Waals surface area (Å²) in [5, 5.41) is 0.